The highest BCUT2D eigenvalue weighted by Crippen LogP contribution is 2.23. The number of aromatic nitrogens is 4. The van der Waals surface area contributed by atoms with E-state index >= 15 is 0 Å². The normalized spacial score (nSPS) is 22.6. The van der Waals surface area contributed by atoms with E-state index in [9.17, 15) is 0 Å². The van der Waals surface area contributed by atoms with Crippen molar-refractivity contribution in [3.8, 4) is 0 Å². The molecule has 5 heteroatoms. The number of aryl methyl sites for hydroxylation is 3. The molecule has 0 spiro atoms. The molecule has 0 radical (unpaired) electrons. The van der Waals surface area contributed by atoms with Crippen LogP contribution < -0.4 is 0 Å². The van der Waals surface area contributed by atoms with Crippen LogP contribution in [0.2, 0.25) is 0 Å². The van der Waals surface area contributed by atoms with Gasteiger partial charge >= 0.3 is 0 Å². The Morgan fingerprint density at radius 1 is 1.29 bits per heavy atom. The Morgan fingerprint density at radius 3 is 3.05 bits per heavy atom. The summed E-state index contributed by atoms with van der Waals surface area (Å²) in [6.07, 6.45) is 9.08. The van der Waals surface area contributed by atoms with Crippen LogP contribution in [0.5, 0.6) is 0 Å². The lowest BCUT2D eigenvalue weighted by atomic mass is 10.1. The van der Waals surface area contributed by atoms with Crippen molar-refractivity contribution in [2.24, 2.45) is 0 Å². The molecule has 0 N–H and O–H groups in total. The molecule has 1 fully saturated rings. The summed E-state index contributed by atoms with van der Waals surface area (Å²) < 4.78 is 4.34. The van der Waals surface area contributed by atoms with E-state index in [1.807, 2.05) is 6.20 Å². The Morgan fingerprint density at radius 2 is 2.24 bits per heavy atom. The average molecular weight is 285 g/mol. The molecule has 2 aliphatic heterocycles. The van der Waals surface area contributed by atoms with E-state index < -0.39 is 0 Å². The van der Waals surface area contributed by atoms with Gasteiger partial charge in [0.1, 0.15) is 0 Å². The maximum Gasteiger partial charge on any atom is 0.0767 e. The molecule has 21 heavy (non-hydrogen) atoms. The standard InChI is InChI=1S/C16H23N5/c1-13-9-17-21(10-13)16-5-7-19(12-16)11-14-8-15-4-2-3-6-20(15)18-14/h8-10,16H,2-7,11-12H2,1H3. The van der Waals surface area contributed by atoms with Crippen molar-refractivity contribution in [3.63, 3.8) is 0 Å². The Kier molecular flexibility index (Phi) is 3.30. The van der Waals surface area contributed by atoms with E-state index in [1.54, 1.807) is 0 Å². The highest BCUT2D eigenvalue weighted by Gasteiger charge is 2.25. The number of rotatable bonds is 3. The third-order valence-corrected chi connectivity index (χ3v) is 4.70. The number of likely N-dealkylation sites (tertiary alicyclic amines) is 1. The molecular formula is C16H23N5. The topological polar surface area (TPSA) is 38.9 Å². The molecule has 2 aromatic heterocycles. The molecule has 4 heterocycles. The van der Waals surface area contributed by atoms with Crippen molar-refractivity contribution in [2.45, 2.75) is 51.7 Å². The molecule has 112 valence electrons. The van der Waals surface area contributed by atoms with Crippen LogP contribution in [0.3, 0.4) is 0 Å². The fraction of sp³-hybridized carbons (Fsp3) is 0.625. The maximum absolute atomic E-state index is 4.77. The van der Waals surface area contributed by atoms with Crippen LogP contribution in [0, 0.1) is 6.92 Å². The van der Waals surface area contributed by atoms with Crippen LogP contribution in [0.15, 0.2) is 18.5 Å². The van der Waals surface area contributed by atoms with Gasteiger partial charge in [-0.15, -0.1) is 0 Å². The summed E-state index contributed by atoms with van der Waals surface area (Å²) in [6.45, 7) is 6.42. The monoisotopic (exact) mass is 285 g/mol. The van der Waals surface area contributed by atoms with Gasteiger partial charge in [0.2, 0.25) is 0 Å². The summed E-state index contributed by atoms with van der Waals surface area (Å²) in [5.41, 5.74) is 3.91. The minimum absolute atomic E-state index is 0.524. The van der Waals surface area contributed by atoms with Crippen LogP contribution >= 0.6 is 0 Å². The number of fused-ring (bicyclic) bond motifs is 1. The van der Waals surface area contributed by atoms with Gasteiger partial charge < -0.3 is 0 Å². The van der Waals surface area contributed by atoms with Crippen LogP contribution in [0.4, 0.5) is 0 Å². The summed E-state index contributed by atoms with van der Waals surface area (Å²) in [5, 5.41) is 9.23. The molecule has 5 nitrogen and oxygen atoms in total. The van der Waals surface area contributed by atoms with Crippen LogP contribution in [0.25, 0.3) is 0 Å². The van der Waals surface area contributed by atoms with Gasteiger partial charge in [-0.05, 0) is 44.2 Å². The quantitative estimate of drug-likeness (QED) is 0.867. The maximum atomic E-state index is 4.77. The lowest BCUT2D eigenvalue weighted by molar-refractivity contribution is 0.306. The molecule has 1 atom stereocenters. The first kappa shape index (κ1) is 13.1. The molecule has 4 rings (SSSR count). The average Bonchev–Trinajstić information content (AvgIpc) is 3.17. The minimum Gasteiger partial charge on any atom is -0.295 e. The van der Waals surface area contributed by atoms with E-state index in [0.717, 1.165) is 26.2 Å². The molecule has 0 saturated carbocycles. The summed E-state index contributed by atoms with van der Waals surface area (Å²) in [5.74, 6) is 0. The summed E-state index contributed by atoms with van der Waals surface area (Å²) in [4.78, 5) is 2.51. The lowest BCUT2D eigenvalue weighted by Gasteiger charge is -2.14. The third-order valence-electron chi connectivity index (χ3n) is 4.70. The van der Waals surface area contributed by atoms with Crippen molar-refractivity contribution in [2.75, 3.05) is 13.1 Å². The van der Waals surface area contributed by atoms with Gasteiger partial charge in [0.05, 0.1) is 17.9 Å². The van der Waals surface area contributed by atoms with Gasteiger partial charge in [0, 0.05) is 38.1 Å². The van der Waals surface area contributed by atoms with E-state index in [4.69, 9.17) is 5.10 Å². The second kappa shape index (κ2) is 5.30. The Balaban J connectivity index is 1.41. The molecule has 2 aromatic rings. The zero-order valence-electron chi connectivity index (χ0n) is 12.7. The Bertz CT molecular complexity index is 603. The zero-order valence-corrected chi connectivity index (χ0v) is 12.7. The van der Waals surface area contributed by atoms with Gasteiger partial charge in [-0.25, -0.2) is 0 Å². The highest BCUT2D eigenvalue weighted by molar-refractivity contribution is 5.12. The van der Waals surface area contributed by atoms with Crippen LogP contribution in [-0.2, 0) is 19.5 Å². The summed E-state index contributed by atoms with van der Waals surface area (Å²) >= 11 is 0. The Hall–Kier alpha value is -1.62. The summed E-state index contributed by atoms with van der Waals surface area (Å²) in [7, 11) is 0. The first-order valence-corrected chi connectivity index (χ1v) is 8.07. The smallest absolute Gasteiger partial charge is 0.0767 e. The molecule has 0 bridgehead atoms. The van der Waals surface area contributed by atoms with Crippen molar-refractivity contribution < 1.29 is 0 Å². The van der Waals surface area contributed by atoms with Gasteiger partial charge in [0.15, 0.2) is 0 Å². The second-order valence-corrected chi connectivity index (χ2v) is 6.48. The predicted octanol–water partition coefficient (Wildman–Crippen LogP) is 2.17. The number of nitrogens with zero attached hydrogens (tertiary/aromatic N) is 5. The Labute approximate surface area is 125 Å². The van der Waals surface area contributed by atoms with E-state index in [-0.39, 0.29) is 0 Å². The SMILES string of the molecule is Cc1cnn(C2CCN(Cc3cc4n(n3)CCCC4)C2)c1. The van der Waals surface area contributed by atoms with Crippen molar-refractivity contribution in [1.82, 2.24) is 24.5 Å². The van der Waals surface area contributed by atoms with Crippen LogP contribution in [0.1, 0.15) is 42.3 Å². The predicted molar refractivity (Wildman–Crippen MR) is 81.1 cm³/mol. The van der Waals surface area contributed by atoms with E-state index in [2.05, 4.69) is 38.5 Å². The van der Waals surface area contributed by atoms with E-state index in [0.29, 0.717) is 6.04 Å². The molecule has 1 saturated heterocycles. The van der Waals surface area contributed by atoms with Gasteiger partial charge in [-0.2, -0.15) is 10.2 Å². The molecule has 0 amide bonds. The minimum atomic E-state index is 0.524. The van der Waals surface area contributed by atoms with Gasteiger partial charge in [-0.1, -0.05) is 0 Å². The number of hydrogen-bond acceptors (Lipinski definition) is 3. The molecule has 1 unspecified atom stereocenters. The largest absolute Gasteiger partial charge is 0.295 e. The summed E-state index contributed by atoms with van der Waals surface area (Å²) in [6, 6.07) is 2.83. The molecule has 2 aliphatic rings. The first-order valence-electron chi connectivity index (χ1n) is 8.07. The lowest BCUT2D eigenvalue weighted by Crippen LogP contribution is -2.21. The number of hydrogen-bond donors (Lipinski definition) is 0. The fourth-order valence-corrected chi connectivity index (χ4v) is 3.59. The highest BCUT2D eigenvalue weighted by atomic mass is 15.3. The fourth-order valence-electron chi connectivity index (χ4n) is 3.59. The van der Waals surface area contributed by atoms with Crippen LogP contribution in [-0.4, -0.2) is 37.6 Å². The van der Waals surface area contributed by atoms with Crippen molar-refractivity contribution in [1.29, 1.82) is 0 Å². The van der Waals surface area contributed by atoms with Gasteiger partial charge in [-0.3, -0.25) is 14.3 Å². The molecule has 0 aromatic carbocycles. The van der Waals surface area contributed by atoms with E-state index in [1.165, 1.54) is 42.6 Å². The van der Waals surface area contributed by atoms with Crippen molar-refractivity contribution >= 4 is 0 Å². The van der Waals surface area contributed by atoms with Crippen molar-refractivity contribution in [3.05, 3.63) is 35.4 Å². The molecular weight excluding hydrogens is 262 g/mol. The third kappa shape index (κ3) is 2.62. The molecule has 0 aliphatic carbocycles. The second-order valence-electron chi connectivity index (χ2n) is 6.48. The zero-order chi connectivity index (χ0) is 14.2. The first-order chi connectivity index (χ1) is 10.3. The van der Waals surface area contributed by atoms with Gasteiger partial charge in [0.25, 0.3) is 0 Å².